The van der Waals surface area contributed by atoms with Crippen molar-refractivity contribution in [2.24, 2.45) is 0 Å². The van der Waals surface area contributed by atoms with Crippen molar-refractivity contribution in [3.8, 4) is 5.75 Å². The Morgan fingerprint density at radius 3 is 2.85 bits per heavy atom. The molecule has 2 rings (SSSR count). The number of aromatic nitrogens is 1. The van der Waals surface area contributed by atoms with Gasteiger partial charge in [-0.1, -0.05) is 6.92 Å². The number of nitrogens with zero attached hydrogens (tertiary/aromatic N) is 3. The maximum absolute atomic E-state index is 5.70. The van der Waals surface area contributed by atoms with E-state index in [1.165, 1.54) is 0 Å². The van der Waals surface area contributed by atoms with E-state index < -0.39 is 0 Å². The van der Waals surface area contributed by atoms with E-state index in [1.54, 1.807) is 6.20 Å². The van der Waals surface area contributed by atoms with Crippen LogP contribution in [-0.2, 0) is 0 Å². The summed E-state index contributed by atoms with van der Waals surface area (Å²) in [4.78, 5) is 9.23. The number of pyridine rings is 1. The maximum atomic E-state index is 5.70. The Bertz CT molecular complexity index is 391. The fraction of sp³-hybridized carbons (Fsp3) is 0.667. The molecular formula is C15H26N4O. The van der Waals surface area contributed by atoms with Gasteiger partial charge in [-0.15, -0.1) is 0 Å². The Hall–Kier alpha value is -1.33. The Morgan fingerprint density at radius 2 is 2.10 bits per heavy atom. The normalized spacial score (nSPS) is 17.1. The van der Waals surface area contributed by atoms with Gasteiger partial charge in [-0.05, 0) is 25.6 Å². The predicted molar refractivity (Wildman–Crippen MR) is 82.4 cm³/mol. The van der Waals surface area contributed by atoms with Crippen LogP contribution in [0.5, 0.6) is 5.75 Å². The Labute approximate surface area is 121 Å². The molecule has 1 aliphatic rings. The first-order valence-electron chi connectivity index (χ1n) is 7.52. The average Bonchev–Trinajstić information content (AvgIpc) is 2.48. The van der Waals surface area contributed by atoms with E-state index in [9.17, 15) is 0 Å². The van der Waals surface area contributed by atoms with E-state index in [0.717, 1.165) is 63.9 Å². The van der Waals surface area contributed by atoms with Crippen LogP contribution in [0.4, 0.5) is 5.82 Å². The molecule has 1 fully saturated rings. The molecule has 5 heteroatoms. The fourth-order valence-corrected chi connectivity index (χ4v) is 2.26. The summed E-state index contributed by atoms with van der Waals surface area (Å²) in [7, 11) is 2.18. The zero-order valence-corrected chi connectivity index (χ0v) is 12.6. The molecule has 0 aliphatic carbocycles. The number of anilines is 1. The second-order valence-electron chi connectivity index (χ2n) is 5.27. The van der Waals surface area contributed by atoms with Gasteiger partial charge in [0.15, 0.2) is 11.6 Å². The molecule has 5 nitrogen and oxygen atoms in total. The molecule has 1 N–H and O–H groups in total. The van der Waals surface area contributed by atoms with Crippen molar-refractivity contribution < 1.29 is 4.74 Å². The van der Waals surface area contributed by atoms with Crippen LogP contribution in [0.3, 0.4) is 0 Å². The molecule has 1 aliphatic heterocycles. The lowest BCUT2D eigenvalue weighted by Gasteiger charge is -2.32. The largest absolute Gasteiger partial charge is 0.490 e. The summed E-state index contributed by atoms with van der Waals surface area (Å²) in [6, 6.07) is 3.89. The summed E-state index contributed by atoms with van der Waals surface area (Å²) in [6.07, 6.45) is 2.81. The molecular weight excluding hydrogens is 252 g/mol. The van der Waals surface area contributed by atoms with E-state index in [1.807, 2.05) is 12.1 Å². The first kappa shape index (κ1) is 15.1. The van der Waals surface area contributed by atoms with E-state index in [4.69, 9.17) is 4.74 Å². The van der Waals surface area contributed by atoms with Gasteiger partial charge in [0.05, 0.1) is 6.61 Å². The van der Waals surface area contributed by atoms with Crippen LogP contribution in [0, 0.1) is 0 Å². The van der Waals surface area contributed by atoms with Gasteiger partial charge in [-0.2, -0.15) is 0 Å². The van der Waals surface area contributed by atoms with Gasteiger partial charge < -0.3 is 15.0 Å². The van der Waals surface area contributed by atoms with Gasteiger partial charge in [0.25, 0.3) is 0 Å². The van der Waals surface area contributed by atoms with E-state index in [-0.39, 0.29) is 0 Å². The molecule has 1 aromatic heterocycles. The van der Waals surface area contributed by atoms with Crippen molar-refractivity contribution in [2.45, 2.75) is 13.3 Å². The number of nitrogens with one attached hydrogen (secondary N) is 1. The minimum absolute atomic E-state index is 0.735. The van der Waals surface area contributed by atoms with Gasteiger partial charge in [0.2, 0.25) is 0 Å². The molecule has 0 amide bonds. The van der Waals surface area contributed by atoms with Crippen molar-refractivity contribution >= 4 is 5.82 Å². The van der Waals surface area contributed by atoms with E-state index >= 15 is 0 Å². The van der Waals surface area contributed by atoms with Crippen molar-refractivity contribution in [3.63, 3.8) is 0 Å². The number of likely N-dealkylation sites (N-methyl/N-ethyl adjacent to an activating group) is 1. The second kappa shape index (κ2) is 8.07. The van der Waals surface area contributed by atoms with Gasteiger partial charge in [0, 0.05) is 45.5 Å². The lowest BCUT2D eigenvalue weighted by atomic mass is 10.3. The Kier molecular flexibility index (Phi) is 6.08. The fourth-order valence-electron chi connectivity index (χ4n) is 2.26. The molecule has 0 unspecified atom stereocenters. The number of rotatable bonds is 7. The average molecular weight is 278 g/mol. The summed E-state index contributed by atoms with van der Waals surface area (Å²) < 4.78 is 5.70. The Morgan fingerprint density at radius 1 is 1.30 bits per heavy atom. The van der Waals surface area contributed by atoms with Gasteiger partial charge >= 0.3 is 0 Å². The highest BCUT2D eigenvalue weighted by Crippen LogP contribution is 2.20. The predicted octanol–water partition coefficient (Wildman–Crippen LogP) is 1.53. The zero-order valence-electron chi connectivity index (χ0n) is 12.6. The number of hydrogen-bond donors (Lipinski definition) is 1. The maximum Gasteiger partial charge on any atom is 0.168 e. The topological polar surface area (TPSA) is 40.6 Å². The lowest BCUT2D eigenvalue weighted by Crippen LogP contribution is -2.45. The molecule has 0 radical (unpaired) electrons. The molecule has 0 saturated carbocycles. The van der Waals surface area contributed by atoms with Crippen LogP contribution in [0.15, 0.2) is 18.3 Å². The SMILES string of the molecule is CCCOc1cccnc1NCCN1CCN(C)CC1. The van der Waals surface area contributed by atoms with Crippen molar-refractivity contribution in [2.75, 3.05) is 58.2 Å². The Balaban J connectivity index is 1.76. The van der Waals surface area contributed by atoms with Crippen LogP contribution in [0.1, 0.15) is 13.3 Å². The summed E-state index contributed by atoms with van der Waals surface area (Å²) >= 11 is 0. The number of hydrogen-bond acceptors (Lipinski definition) is 5. The summed E-state index contributed by atoms with van der Waals surface area (Å²) in [5.74, 6) is 1.71. The molecule has 0 bridgehead atoms. The second-order valence-corrected chi connectivity index (χ2v) is 5.27. The number of ether oxygens (including phenoxy) is 1. The summed E-state index contributed by atoms with van der Waals surface area (Å²) in [5, 5.41) is 3.39. The quantitative estimate of drug-likeness (QED) is 0.819. The highest BCUT2D eigenvalue weighted by atomic mass is 16.5. The standard InChI is InChI=1S/C15H26N4O/c1-3-13-20-14-5-4-6-16-15(14)17-7-8-19-11-9-18(2)10-12-19/h4-6H,3,7-13H2,1-2H3,(H,16,17). The first-order valence-corrected chi connectivity index (χ1v) is 7.52. The third kappa shape index (κ3) is 4.65. The third-order valence-corrected chi connectivity index (χ3v) is 3.55. The number of piperazine rings is 1. The summed E-state index contributed by atoms with van der Waals surface area (Å²) in [6.45, 7) is 9.43. The lowest BCUT2D eigenvalue weighted by molar-refractivity contribution is 0.158. The van der Waals surface area contributed by atoms with Crippen molar-refractivity contribution in [1.82, 2.24) is 14.8 Å². The molecule has 1 aromatic rings. The zero-order chi connectivity index (χ0) is 14.2. The van der Waals surface area contributed by atoms with Gasteiger partial charge in [0.1, 0.15) is 0 Å². The minimum atomic E-state index is 0.735. The van der Waals surface area contributed by atoms with Crippen LogP contribution >= 0.6 is 0 Å². The minimum Gasteiger partial charge on any atom is -0.490 e. The molecule has 1 saturated heterocycles. The van der Waals surface area contributed by atoms with E-state index in [2.05, 4.69) is 34.1 Å². The van der Waals surface area contributed by atoms with Gasteiger partial charge in [-0.3, -0.25) is 4.90 Å². The van der Waals surface area contributed by atoms with Crippen LogP contribution in [0.2, 0.25) is 0 Å². The monoisotopic (exact) mass is 278 g/mol. The molecule has 112 valence electrons. The first-order chi connectivity index (χ1) is 9.79. The molecule has 0 atom stereocenters. The smallest absolute Gasteiger partial charge is 0.168 e. The highest BCUT2D eigenvalue weighted by molar-refractivity contribution is 5.49. The van der Waals surface area contributed by atoms with Crippen LogP contribution in [-0.4, -0.2) is 67.7 Å². The van der Waals surface area contributed by atoms with Crippen molar-refractivity contribution in [3.05, 3.63) is 18.3 Å². The van der Waals surface area contributed by atoms with Crippen molar-refractivity contribution in [1.29, 1.82) is 0 Å². The van der Waals surface area contributed by atoms with E-state index in [0.29, 0.717) is 0 Å². The molecule has 0 spiro atoms. The third-order valence-electron chi connectivity index (χ3n) is 3.55. The molecule has 20 heavy (non-hydrogen) atoms. The molecule has 0 aromatic carbocycles. The molecule has 2 heterocycles. The van der Waals surface area contributed by atoms with Crippen LogP contribution in [0.25, 0.3) is 0 Å². The van der Waals surface area contributed by atoms with Crippen LogP contribution < -0.4 is 10.1 Å². The summed E-state index contributed by atoms with van der Waals surface area (Å²) in [5.41, 5.74) is 0. The van der Waals surface area contributed by atoms with Gasteiger partial charge in [-0.25, -0.2) is 4.98 Å². The highest BCUT2D eigenvalue weighted by Gasteiger charge is 2.13.